The van der Waals surface area contributed by atoms with Crippen LogP contribution in [0.1, 0.15) is 18.4 Å². The first-order valence-corrected chi connectivity index (χ1v) is 4.97. The van der Waals surface area contributed by atoms with Crippen molar-refractivity contribution in [2.24, 2.45) is 5.73 Å². The fraction of sp³-hybridized carbons (Fsp3) is 0.222. The molecule has 2 atom stereocenters. The number of primary amides is 1. The fourth-order valence-electron chi connectivity index (χ4n) is 1.06. The maximum absolute atomic E-state index is 10.9. The summed E-state index contributed by atoms with van der Waals surface area (Å²) in [6, 6.07) is 7.85. The molecular formula is C9H12AsNO. The van der Waals surface area contributed by atoms with Crippen molar-refractivity contribution in [3.63, 3.8) is 0 Å². The minimum absolute atomic E-state index is 0.173. The summed E-state index contributed by atoms with van der Waals surface area (Å²) >= 11 is 1.52. The number of amides is 1. The van der Waals surface area contributed by atoms with Crippen LogP contribution in [-0.4, -0.2) is 22.8 Å². The third-order valence-electron chi connectivity index (χ3n) is 1.89. The second-order valence-corrected chi connectivity index (χ2v) is 4.06. The Balaban J connectivity index is 3.02. The molecule has 0 spiro atoms. The number of nitrogens with two attached hydrogens (primary N) is 1. The Kier molecular flexibility index (Phi) is 2.93. The van der Waals surface area contributed by atoms with Crippen molar-refractivity contribution in [2.45, 2.75) is 12.8 Å². The molecule has 0 aliphatic rings. The predicted octanol–water partition coefficient (Wildman–Crippen LogP) is -0.466. The molecule has 12 heavy (non-hydrogen) atoms. The van der Waals surface area contributed by atoms with Crippen molar-refractivity contribution >= 4 is 27.1 Å². The van der Waals surface area contributed by atoms with E-state index in [0.717, 1.165) is 5.56 Å². The molecule has 0 aliphatic carbocycles. The summed E-state index contributed by atoms with van der Waals surface area (Å²) < 4.78 is 1.18. The van der Waals surface area contributed by atoms with Gasteiger partial charge in [0.15, 0.2) is 0 Å². The van der Waals surface area contributed by atoms with E-state index >= 15 is 0 Å². The molecule has 0 aromatic heterocycles. The van der Waals surface area contributed by atoms with Gasteiger partial charge >= 0.3 is 80.3 Å². The van der Waals surface area contributed by atoms with E-state index < -0.39 is 0 Å². The first-order valence-electron chi connectivity index (χ1n) is 3.76. The van der Waals surface area contributed by atoms with Gasteiger partial charge in [-0.15, -0.1) is 0 Å². The van der Waals surface area contributed by atoms with E-state index in [2.05, 4.69) is 0 Å². The molecule has 0 saturated carbocycles. The van der Waals surface area contributed by atoms with Crippen LogP contribution in [0.5, 0.6) is 0 Å². The Morgan fingerprint density at radius 1 is 1.50 bits per heavy atom. The SMILES string of the molecule is CC(C(N)=O)c1ccccc1[AsH2]. The molecule has 0 saturated heterocycles. The second kappa shape index (κ2) is 3.77. The molecule has 0 aliphatic heterocycles. The minimum atomic E-state index is -0.264. The van der Waals surface area contributed by atoms with Gasteiger partial charge in [-0.3, -0.25) is 0 Å². The fourth-order valence-corrected chi connectivity index (χ4v) is 2.02. The third-order valence-corrected chi connectivity index (χ3v) is 2.99. The molecule has 3 heteroatoms. The van der Waals surface area contributed by atoms with E-state index in [9.17, 15) is 4.79 Å². The van der Waals surface area contributed by atoms with Crippen LogP contribution < -0.4 is 10.1 Å². The third kappa shape index (κ3) is 1.89. The van der Waals surface area contributed by atoms with Crippen molar-refractivity contribution in [3.8, 4) is 0 Å². The molecule has 1 amide bonds. The Labute approximate surface area is 80.6 Å². The van der Waals surface area contributed by atoms with E-state index in [0.29, 0.717) is 0 Å². The average Bonchev–Trinajstić information content (AvgIpc) is 2.04. The molecule has 2 nitrogen and oxygen atoms in total. The predicted molar refractivity (Wildman–Crippen MR) is 52.2 cm³/mol. The first kappa shape index (κ1) is 9.34. The average molecular weight is 225 g/mol. The molecule has 0 radical (unpaired) electrons. The zero-order chi connectivity index (χ0) is 9.14. The molecule has 0 fully saturated rings. The van der Waals surface area contributed by atoms with E-state index in [-0.39, 0.29) is 11.8 Å². The van der Waals surface area contributed by atoms with Crippen LogP contribution in [0.4, 0.5) is 0 Å². The number of benzene rings is 1. The van der Waals surface area contributed by atoms with Crippen LogP contribution in [0, 0.1) is 0 Å². The molecule has 2 N–H and O–H groups in total. The monoisotopic (exact) mass is 225 g/mol. The van der Waals surface area contributed by atoms with Crippen LogP contribution in [0.15, 0.2) is 24.3 Å². The summed E-state index contributed by atoms with van der Waals surface area (Å²) in [7, 11) is 0. The van der Waals surface area contributed by atoms with Crippen molar-refractivity contribution in [3.05, 3.63) is 29.8 Å². The summed E-state index contributed by atoms with van der Waals surface area (Å²) in [5.74, 6) is -0.437. The van der Waals surface area contributed by atoms with Crippen LogP contribution in [0.25, 0.3) is 0 Å². The van der Waals surface area contributed by atoms with E-state index in [4.69, 9.17) is 5.73 Å². The van der Waals surface area contributed by atoms with Gasteiger partial charge in [-0.25, -0.2) is 0 Å². The van der Waals surface area contributed by atoms with Crippen molar-refractivity contribution in [1.29, 1.82) is 0 Å². The van der Waals surface area contributed by atoms with Gasteiger partial charge in [0.25, 0.3) is 0 Å². The first-order chi connectivity index (χ1) is 5.63. The van der Waals surface area contributed by atoms with Crippen LogP contribution in [-0.2, 0) is 4.79 Å². The summed E-state index contributed by atoms with van der Waals surface area (Å²) in [5.41, 5.74) is 6.25. The van der Waals surface area contributed by atoms with E-state index in [1.807, 2.05) is 31.2 Å². The number of rotatable bonds is 2. The molecule has 64 valence electrons. The Hall–Kier alpha value is -0.752. The van der Waals surface area contributed by atoms with Gasteiger partial charge < -0.3 is 0 Å². The van der Waals surface area contributed by atoms with Gasteiger partial charge in [-0.05, 0) is 0 Å². The van der Waals surface area contributed by atoms with E-state index in [1.165, 1.54) is 21.2 Å². The number of carbonyl (C=O) groups is 1. The topological polar surface area (TPSA) is 43.1 Å². The van der Waals surface area contributed by atoms with Crippen LogP contribution in [0.2, 0.25) is 0 Å². The summed E-state index contributed by atoms with van der Waals surface area (Å²) in [5, 5.41) is 0. The maximum atomic E-state index is 10.9. The van der Waals surface area contributed by atoms with Crippen molar-refractivity contribution in [2.75, 3.05) is 0 Å². The van der Waals surface area contributed by atoms with Crippen molar-refractivity contribution < 1.29 is 4.79 Å². The van der Waals surface area contributed by atoms with Crippen LogP contribution >= 0.6 is 0 Å². The summed E-state index contributed by atoms with van der Waals surface area (Å²) in [6.45, 7) is 1.83. The standard InChI is InChI=1S/C9H12AsNO/c1-6(9(11)12)7-4-2-3-5-8(7)10/h2-6H,10H2,1H3,(H2,11,12). The van der Waals surface area contributed by atoms with Gasteiger partial charge in [0.05, 0.1) is 0 Å². The Bertz CT molecular complexity index is 298. The number of hydrogen-bond donors (Lipinski definition) is 1. The van der Waals surface area contributed by atoms with Crippen molar-refractivity contribution in [1.82, 2.24) is 0 Å². The molecule has 1 rings (SSSR count). The number of hydrogen-bond acceptors (Lipinski definition) is 1. The zero-order valence-electron chi connectivity index (χ0n) is 6.95. The zero-order valence-corrected chi connectivity index (χ0v) is 9.37. The van der Waals surface area contributed by atoms with Crippen LogP contribution in [0.3, 0.4) is 0 Å². The second-order valence-electron chi connectivity index (χ2n) is 2.75. The molecule has 1 aromatic carbocycles. The molecule has 0 heterocycles. The summed E-state index contributed by atoms with van der Waals surface area (Å²) in [6.07, 6.45) is 0. The molecule has 2 unspecified atom stereocenters. The Morgan fingerprint density at radius 3 is 2.58 bits per heavy atom. The number of carbonyl (C=O) groups excluding carboxylic acids is 1. The molecule has 1 aromatic rings. The Morgan fingerprint density at radius 2 is 2.08 bits per heavy atom. The summed E-state index contributed by atoms with van der Waals surface area (Å²) in [4.78, 5) is 10.9. The quantitative estimate of drug-likeness (QED) is 0.679. The van der Waals surface area contributed by atoms with Gasteiger partial charge in [0.2, 0.25) is 0 Å². The van der Waals surface area contributed by atoms with E-state index in [1.54, 1.807) is 0 Å². The van der Waals surface area contributed by atoms with Gasteiger partial charge in [-0.2, -0.15) is 0 Å². The van der Waals surface area contributed by atoms with Gasteiger partial charge in [0.1, 0.15) is 0 Å². The van der Waals surface area contributed by atoms with Gasteiger partial charge in [0, 0.05) is 0 Å². The molecular weight excluding hydrogens is 213 g/mol. The molecule has 0 bridgehead atoms. The normalized spacial score (nSPS) is 12.5. The van der Waals surface area contributed by atoms with Gasteiger partial charge in [-0.1, -0.05) is 0 Å².